The van der Waals surface area contributed by atoms with E-state index in [1.807, 2.05) is 32.0 Å². The summed E-state index contributed by atoms with van der Waals surface area (Å²) in [5.74, 6) is 0.749. The fourth-order valence-electron chi connectivity index (χ4n) is 3.98. The lowest BCUT2D eigenvalue weighted by atomic mass is 9.79. The maximum atomic E-state index is 12.9. The Morgan fingerprint density at radius 3 is 2.45 bits per heavy atom. The molecule has 0 spiro atoms. The van der Waals surface area contributed by atoms with E-state index in [9.17, 15) is 18.0 Å². The highest BCUT2D eigenvalue weighted by atomic mass is 19.4. The molecular weight excluding hydrogens is 411 g/mol. The van der Waals surface area contributed by atoms with Crippen molar-refractivity contribution in [3.8, 4) is 5.75 Å². The van der Waals surface area contributed by atoms with Crippen LogP contribution >= 0.6 is 0 Å². The highest BCUT2D eigenvalue weighted by Gasteiger charge is 2.35. The molecule has 0 radical (unpaired) electrons. The van der Waals surface area contributed by atoms with E-state index >= 15 is 0 Å². The van der Waals surface area contributed by atoms with Crippen LogP contribution in [0.3, 0.4) is 0 Å². The number of hydrogen-bond acceptors (Lipinski definition) is 6. The maximum absolute atomic E-state index is 12.9. The van der Waals surface area contributed by atoms with Crippen LogP contribution in [0, 0.1) is 6.92 Å². The quantitative estimate of drug-likeness (QED) is 0.710. The molecule has 1 amide bonds. The van der Waals surface area contributed by atoms with Gasteiger partial charge in [-0.1, -0.05) is 6.07 Å². The van der Waals surface area contributed by atoms with Crippen molar-refractivity contribution in [3.05, 3.63) is 41.2 Å². The van der Waals surface area contributed by atoms with Gasteiger partial charge in [0.1, 0.15) is 23.2 Å². The van der Waals surface area contributed by atoms with Gasteiger partial charge < -0.3 is 20.7 Å². The Bertz CT molecular complexity index is 941. The normalized spacial score (nSPS) is 19.0. The standard InChI is InChI=1S/C21H26F3N5O2/c1-12-26-17(11-18(27-12)29(2)3)28-14-9-7-13(8-10-14)19-15(20(25)30)5-4-6-16(19)31-21(22,23)24/h4-6,11,13-14H,7-10H2,1-3H3,(H2,25,30)(H,26,27,28). The summed E-state index contributed by atoms with van der Waals surface area (Å²) in [7, 11) is 3.79. The van der Waals surface area contributed by atoms with Crippen molar-refractivity contribution >= 4 is 17.5 Å². The average Bonchev–Trinajstić information content (AvgIpc) is 2.67. The van der Waals surface area contributed by atoms with Crippen LogP contribution in [0.5, 0.6) is 5.75 Å². The molecular formula is C21H26F3N5O2. The highest BCUT2D eigenvalue weighted by molar-refractivity contribution is 5.95. The molecule has 1 aliphatic rings. The van der Waals surface area contributed by atoms with Gasteiger partial charge in [-0.3, -0.25) is 4.79 Å². The number of rotatable bonds is 6. The number of hydrogen-bond donors (Lipinski definition) is 2. The van der Waals surface area contributed by atoms with Crippen LogP contribution in [0.25, 0.3) is 0 Å². The van der Waals surface area contributed by atoms with E-state index in [1.54, 1.807) is 0 Å². The van der Waals surface area contributed by atoms with Crippen molar-refractivity contribution in [2.75, 3.05) is 24.3 Å². The van der Waals surface area contributed by atoms with Crippen LogP contribution in [0.15, 0.2) is 24.3 Å². The van der Waals surface area contributed by atoms with Crippen molar-refractivity contribution in [3.63, 3.8) is 0 Å². The van der Waals surface area contributed by atoms with Crippen LogP contribution in [0.4, 0.5) is 24.8 Å². The van der Waals surface area contributed by atoms with E-state index in [0.29, 0.717) is 37.3 Å². The third-order valence-electron chi connectivity index (χ3n) is 5.33. The first-order valence-corrected chi connectivity index (χ1v) is 10.0. The van der Waals surface area contributed by atoms with Gasteiger partial charge in [0.25, 0.3) is 0 Å². The second kappa shape index (κ2) is 8.99. The number of primary amides is 1. The zero-order chi connectivity index (χ0) is 22.8. The molecule has 1 aromatic carbocycles. The molecule has 3 rings (SSSR count). The van der Waals surface area contributed by atoms with Crippen LogP contribution in [-0.2, 0) is 0 Å². The number of nitrogens with zero attached hydrogens (tertiary/aromatic N) is 3. The minimum Gasteiger partial charge on any atom is -0.405 e. The zero-order valence-electron chi connectivity index (χ0n) is 17.7. The summed E-state index contributed by atoms with van der Waals surface area (Å²) in [6.07, 6.45) is -2.28. The van der Waals surface area contributed by atoms with E-state index in [4.69, 9.17) is 5.73 Å². The van der Waals surface area contributed by atoms with Crippen molar-refractivity contribution in [2.24, 2.45) is 5.73 Å². The largest absolute Gasteiger partial charge is 0.573 e. The molecule has 0 saturated heterocycles. The summed E-state index contributed by atoms with van der Waals surface area (Å²) in [4.78, 5) is 22.5. The fourth-order valence-corrected chi connectivity index (χ4v) is 3.98. The van der Waals surface area contributed by atoms with Gasteiger partial charge in [0, 0.05) is 37.3 Å². The van der Waals surface area contributed by atoms with Gasteiger partial charge in [-0.15, -0.1) is 13.2 Å². The number of carbonyl (C=O) groups is 1. The van der Waals surface area contributed by atoms with Crippen molar-refractivity contribution < 1.29 is 22.7 Å². The molecule has 1 heterocycles. The summed E-state index contributed by atoms with van der Waals surface area (Å²) in [6.45, 7) is 1.82. The number of aromatic nitrogens is 2. The van der Waals surface area contributed by atoms with Crippen molar-refractivity contribution in [1.82, 2.24) is 9.97 Å². The SMILES string of the molecule is Cc1nc(NC2CCC(c3c(OC(F)(F)F)cccc3C(N)=O)CC2)cc(N(C)C)n1. The third kappa shape index (κ3) is 5.77. The van der Waals surface area contributed by atoms with Gasteiger partial charge in [0.05, 0.1) is 0 Å². The number of amides is 1. The topological polar surface area (TPSA) is 93.4 Å². The number of carbonyl (C=O) groups excluding carboxylic acids is 1. The molecule has 2 aromatic rings. The lowest BCUT2D eigenvalue weighted by molar-refractivity contribution is -0.275. The predicted molar refractivity (Wildman–Crippen MR) is 111 cm³/mol. The van der Waals surface area contributed by atoms with Gasteiger partial charge in [0.15, 0.2) is 0 Å². The number of nitrogens with two attached hydrogens (primary N) is 1. The molecule has 3 N–H and O–H groups in total. The van der Waals surface area contributed by atoms with E-state index in [-0.39, 0.29) is 28.8 Å². The Balaban J connectivity index is 1.76. The van der Waals surface area contributed by atoms with Gasteiger partial charge >= 0.3 is 6.36 Å². The lowest BCUT2D eigenvalue weighted by Gasteiger charge is -2.31. The molecule has 168 valence electrons. The molecule has 0 atom stereocenters. The average molecular weight is 437 g/mol. The number of aryl methyl sites for hydroxylation is 1. The molecule has 0 unspecified atom stereocenters. The third-order valence-corrected chi connectivity index (χ3v) is 5.33. The molecule has 10 heteroatoms. The molecule has 1 aliphatic carbocycles. The van der Waals surface area contributed by atoms with Crippen LogP contribution in [0.2, 0.25) is 0 Å². The molecule has 1 saturated carbocycles. The molecule has 7 nitrogen and oxygen atoms in total. The van der Waals surface area contributed by atoms with Gasteiger partial charge in [-0.25, -0.2) is 9.97 Å². The number of anilines is 2. The van der Waals surface area contributed by atoms with E-state index in [2.05, 4.69) is 20.0 Å². The zero-order valence-corrected chi connectivity index (χ0v) is 17.7. The predicted octanol–water partition coefficient (Wildman–Crippen LogP) is 3.99. The second-order valence-electron chi connectivity index (χ2n) is 7.88. The van der Waals surface area contributed by atoms with Gasteiger partial charge in [0.2, 0.25) is 5.91 Å². The first kappa shape index (κ1) is 22.6. The first-order valence-electron chi connectivity index (χ1n) is 10.0. The Morgan fingerprint density at radius 1 is 1.19 bits per heavy atom. The number of nitrogens with one attached hydrogen (secondary N) is 1. The molecule has 1 aromatic heterocycles. The number of halogens is 3. The first-order chi connectivity index (χ1) is 14.5. The minimum atomic E-state index is -4.85. The Hall–Kier alpha value is -3.04. The summed E-state index contributed by atoms with van der Waals surface area (Å²) in [5.41, 5.74) is 5.73. The molecule has 31 heavy (non-hydrogen) atoms. The van der Waals surface area contributed by atoms with Crippen molar-refractivity contribution in [2.45, 2.75) is 50.9 Å². The smallest absolute Gasteiger partial charge is 0.405 e. The molecule has 0 aliphatic heterocycles. The Labute approximate surface area is 178 Å². The highest BCUT2D eigenvalue weighted by Crippen LogP contribution is 2.41. The van der Waals surface area contributed by atoms with Gasteiger partial charge in [-0.05, 0) is 50.7 Å². The monoisotopic (exact) mass is 437 g/mol. The number of benzene rings is 1. The van der Waals surface area contributed by atoms with Crippen LogP contribution < -0.4 is 20.7 Å². The minimum absolute atomic E-state index is 0.0696. The number of ether oxygens (including phenoxy) is 1. The van der Waals surface area contributed by atoms with E-state index in [1.165, 1.54) is 18.2 Å². The van der Waals surface area contributed by atoms with E-state index < -0.39 is 12.3 Å². The molecule has 1 fully saturated rings. The summed E-state index contributed by atoms with van der Waals surface area (Å²) < 4.78 is 42.9. The Morgan fingerprint density at radius 2 is 1.87 bits per heavy atom. The lowest BCUT2D eigenvalue weighted by Crippen LogP contribution is -2.28. The van der Waals surface area contributed by atoms with E-state index in [0.717, 1.165) is 5.82 Å². The Kier molecular flexibility index (Phi) is 6.56. The summed E-state index contributed by atoms with van der Waals surface area (Å²) in [6, 6.07) is 5.98. The summed E-state index contributed by atoms with van der Waals surface area (Å²) >= 11 is 0. The van der Waals surface area contributed by atoms with Crippen molar-refractivity contribution in [1.29, 1.82) is 0 Å². The fraction of sp³-hybridized carbons (Fsp3) is 0.476. The summed E-state index contributed by atoms with van der Waals surface area (Å²) in [5, 5.41) is 3.40. The molecule has 0 bridgehead atoms. The number of alkyl halides is 3. The van der Waals surface area contributed by atoms with Crippen LogP contribution in [-0.4, -0.2) is 42.4 Å². The maximum Gasteiger partial charge on any atom is 0.573 e. The van der Waals surface area contributed by atoms with Crippen LogP contribution in [0.1, 0.15) is 53.3 Å². The van der Waals surface area contributed by atoms with Gasteiger partial charge in [-0.2, -0.15) is 0 Å². The second-order valence-corrected chi connectivity index (χ2v) is 7.88.